The maximum absolute atomic E-state index is 12.9. The summed E-state index contributed by atoms with van der Waals surface area (Å²) in [5.41, 5.74) is -0.227. The molecule has 1 fully saturated rings. The number of likely N-dealkylation sites (tertiary alicyclic amines) is 1. The number of piperidine rings is 1. The summed E-state index contributed by atoms with van der Waals surface area (Å²) in [5.74, 6) is -0.440. The zero-order valence-electron chi connectivity index (χ0n) is 16.8. The topological polar surface area (TPSA) is 79.4 Å². The van der Waals surface area contributed by atoms with Crippen molar-refractivity contribution >= 4 is 37.5 Å². The Kier molecular flexibility index (Phi) is 6.24. The maximum atomic E-state index is 12.9. The molecule has 1 saturated heterocycles. The molecule has 0 radical (unpaired) electrons. The van der Waals surface area contributed by atoms with Crippen molar-refractivity contribution in [1.29, 1.82) is 0 Å². The van der Waals surface area contributed by atoms with Crippen molar-refractivity contribution in [2.75, 3.05) is 13.1 Å². The van der Waals surface area contributed by atoms with Gasteiger partial charge in [-0.3, -0.25) is 4.79 Å². The highest BCUT2D eigenvalue weighted by molar-refractivity contribution is 7.89. The van der Waals surface area contributed by atoms with Gasteiger partial charge in [0.25, 0.3) is 0 Å². The first kappa shape index (κ1) is 22.7. The first-order chi connectivity index (χ1) is 15.1. The van der Waals surface area contributed by atoms with E-state index in [-0.39, 0.29) is 6.04 Å². The minimum absolute atomic E-state index is 0.258. The molecule has 0 aliphatic carbocycles. The minimum Gasteiger partial charge on any atom is -0.332 e. The van der Waals surface area contributed by atoms with Crippen LogP contribution in [0.15, 0.2) is 53.4 Å². The zero-order chi connectivity index (χ0) is 22.9. The average molecular weight is 484 g/mol. The number of carbonyl (C=O) groups is 1. The van der Waals surface area contributed by atoms with Gasteiger partial charge in [-0.2, -0.15) is 13.2 Å². The summed E-state index contributed by atoms with van der Waals surface area (Å²) in [6.07, 6.45) is -2.25. The molecule has 1 aliphatic rings. The molecule has 1 unspecified atom stereocenters. The number of para-hydroxylation sites is 1. The number of fused-ring (bicyclic) bond motifs is 1. The Morgan fingerprint density at radius 3 is 2.69 bits per heavy atom. The monoisotopic (exact) mass is 483 g/mol. The molecule has 170 valence electrons. The fourth-order valence-electron chi connectivity index (χ4n) is 3.70. The van der Waals surface area contributed by atoms with Gasteiger partial charge in [-0.25, -0.2) is 18.1 Å². The molecule has 1 amide bonds. The van der Waals surface area contributed by atoms with Gasteiger partial charge < -0.3 is 4.90 Å². The SMILES string of the molecule is O=C(CNS(=O)(=O)c1cccc(C(F)(F)F)c1)N1CCCCC1c1nc2ccccc2s1. The number of thiazole rings is 1. The number of nitrogens with zero attached hydrogens (tertiary/aromatic N) is 2. The quantitative estimate of drug-likeness (QED) is 0.585. The molecule has 1 N–H and O–H groups in total. The second kappa shape index (κ2) is 8.80. The molecule has 0 spiro atoms. The third-order valence-corrected chi connectivity index (χ3v) is 7.84. The van der Waals surface area contributed by atoms with Crippen molar-refractivity contribution in [3.8, 4) is 0 Å². The first-order valence-electron chi connectivity index (χ1n) is 9.97. The molecule has 4 rings (SSSR count). The number of alkyl halides is 3. The highest BCUT2D eigenvalue weighted by Gasteiger charge is 2.33. The smallest absolute Gasteiger partial charge is 0.332 e. The Morgan fingerprint density at radius 2 is 1.94 bits per heavy atom. The van der Waals surface area contributed by atoms with E-state index in [0.29, 0.717) is 19.0 Å². The van der Waals surface area contributed by atoms with Crippen LogP contribution in [0.5, 0.6) is 0 Å². The molecule has 1 aromatic heterocycles. The second-order valence-electron chi connectivity index (χ2n) is 7.47. The van der Waals surface area contributed by atoms with Crippen LogP contribution in [0.3, 0.4) is 0 Å². The van der Waals surface area contributed by atoms with E-state index in [0.717, 1.165) is 46.3 Å². The highest BCUT2D eigenvalue weighted by Crippen LogP contribution is 2.35. The van der Waals surface area contributed by atoms with Gasteiger partial charge in [-0.05, 0) is 49.6 Å². The van der Waals surface area contributed by atoms with Crippen LogP contribution in [0.1, 0.15) is 35.9 Å². The molecular formula is C21H20F3N3O3S2. The molecule has 3 aromatic rings. The lowest BCUT2D eigenvalue weighted by Gasteiger charge is -2.34. The van der Waals surface area contributed by atoms with Crippen LogP contribution in [0.25, 0.3) is 10.2 Å². The van der Waals surface area contributed by atoms with Gasteiger partial charge in [0.15, 0.2) is 0 Å². The third-order valence-electron chi connectivity index (χ3n) is 5.30. The van der Waals surface area contributed by atoms with E-state index >= 15 is 0 Å². The summed E-state index contributed by atoms with van der Waals surface area (Å²) >= 11 is 1.50. The number of sulfonamides is 1. The molecule has 2 heterocycles. The number of nitrogens with one attached hydrogen (secondary N) is 1. The van der Waals surface area contributed by atoms with Crippen LogP contribution in [0.4, 0.5) is 13.2 Å². The number of benzene rings is 2. The fraction of sp³-hybridized carbons (Fsp3) is 0.333. The summed E-state index contributed by atoms with van der Waals surface area (Å²) < 4.78 is 66.9. The van der Waals surface area contributed by atoms with Crippen LogP contribution in [-0.2, 0) is 21.0 Å². The van der Waals surface area contributed by atoms with E-state index in [1.807, 2.05) is 24.3 Å². The minimum atomic E-state index is -4.67. The molecule has 11 heteroatoms. The fourth-order valence-corrected chi connectivity index (χ4v) is 5.84. The number of hydrogen-bond donors (Lipinski definition) is 1. The molecule has 1 aliphatic heterocycles. The molecule has 32 heavy (non-hydrogen) atoms. The highest BCUT2D eigenvalue weighted by atomic mass is 32.2. The molecule has 6 nitrogen and oxygen atoms in total. The van der Waals surface area contributed by atoms with E-state index in [4.69, 9.17) is 0 Å². The number of carbonyl (C=O) groups excluding carboxylic acids is 1. The lowest BCUT2D eigenvalue weighted by molar-refractivity contribution is -0.137. The van der Waals surface area contributed by atoms with Gasteiger partial charge in [0.1, 0.15) is 5.01 Å². The Bertz CT molecular complexity index is 1210. The second-order valence-corrected chi connectivity index (χ2v) is 10.3. The van der Waals surface area contributed by atoms with Crippen molar-refractivity contribution in [2.45, 2.75) is 36.4 Å². The van der Waals surface area contributed by atoms with E-state index < -0.39 is 39.1 Å². The number of hydrogen-bond acceptors (Lipinski definition) is 5. The normalized spacial score (nSPS) is 17.6. The van der Waals surface area contributed by atoms with E-state index in [1.165, 1.54) is 11.3 Å². The standard InChI is InChI=1S/C21H20F3N3O3S2/c22-21(23,24)14-6-5-7-15(12-14)32(29,30)25-13-19(28)27-11-4-3-9-17(27)20-26-16-8-1-2-10-18(16)31-20/h1-2,5-8,10,12,17,25H,3-4,9,11,13H2. The maximum Gasteiger partial charge on any atom is 0.416 e. The van der Waals surface area contributed by atoms with Crippen LogP contribution in [0.2, 0.25) is 0 Å². The molecule has 1 atom stereocenters. The van der Waals surface area contributed by atoms with Gasteiger partial charge in [0, 0.05) is 6.54 Å². The van der Waals surface area contributed by atoms with Crippen LogP contribution in [0, 0.1) is 0 Å². The van der Waals surface area contributed by atoms with Crippen LogP contribution >= 0.6 is 11.3 Å². The van der Waals surface area contributed by atoms with Gasteiger partial charge >= 0.3 is 6.18 Å². The van der Waals surface area contributed by atoms with Crippen molar-refractivity contribution in [3.63, 3.8) is 0 Å². The van der Waals surface area contributed by atoms with E-state index in [1.54, 1.807) is 4.90 Å². The predicted molar refractivity (Wildman–Crippen MR) is 115 cm³/mol. The van der Waals surface area contributed by atoms with E-state index in [2.05, 4.69) is 9.71 Å². The van der Waals surface area contributed by atoms with Crippen molar-refractivity contribution in [1.82, 2.24) is 14.6 Å². The lowest BCUT2D eigenvalue weighted by atomic mass is 10.0. The Labute approximate surface area is 187 Å². The van der Waals surface area contributed by atoms with Crippen LogP contribution in [-0.4, -0.2) is 37.3 Å². The largest absolute Gasteiger partial charge is 0.416 e. The average Bonchev–Trinajstić information content (AvgIpc) is 3.21. The van der Waals surface area contributed by atoms with Gasteiger partial charge in [-0.1, -0.05) is 18.2 Å². The molecule has 2 aromatic carbocycles. The summed E-state index contributed by atoms with van der Waals surface area (Å²) in [6.45, 7) is -0.0787. The van der Waals surface area contributed by atoms with Gasteiger partial charge in [-0.15, -0.1) is 11.3 Å². The van der Waals surface area contributed by atoms with Crippen molar-refractivity contribution < 1.29 is 26.4 Å². The number of halogens is 3. The van der Waals surface area contributed by atoms with Gasteiger partial charge in [0.05, 0.1) is 33.3 Å². The molecule has 0 bridgehead atoms. The van der Waals surface area contributed by atoms with Crippen LogP contribution < -0.4 is 4.72 Å². The Balaban J connectivity index is 1.49. The number of rotatable bonds is 5. The summed E-state index contributed by atoms with van der Waals surface area (Å²) in [4.78, 5) is 18.6. The Morgan fingerprint density at radius 1 is 1.16 bits per heavy atom. The van der Waals surface area contributed by atoms with Crippen molar-refractivity contribution in [3.05, 3.63) is 59.1 Å². The summed E-state index contributed by atoms with van der Waals surface area (Å²) in [7, 11) is -4.29. The zero-order valence-corrected chi connectivity index (χ0v) is 18.4. The molecular weight excluding hydrogens is 463 g/mol. The first-order valence-corrected chi connectivity index (χ1v) is 12.3. The molecule has 0 saturated carbocycles. The predicted octanol–water partition coefficient (Wildman–Crippen LogP) is 4.35. The number of aromatic nitrogens is 1. The number of amides is 1. The summed E-state index contributed by atoms with van der Waals surface area (Å²) in [6, 6.07) is 10.8. The Hall–Kier alpha value is -2.50. The third kappa shape index (κ3) is 4.79. The van der Waals surface area contributed by atoms with Gasteiger partial charge in [0.2, 0.25) is 15.9 Å². The lowest BCUT2D eigenvalue weighted by Crippen LogP contribution is -2.44. The van der Waals surface area contributed by atoms with E-state index in [9.17, 15) is 26.4 Å². The van der Waals surface area contributed by atoms with Crippen molar-refractivity contribution in [2.24, 2.45) is 0 Å². The summed E-state index contributed by atoms with van der Waals surface area (Å²) in [5, 5.41) is 0.792.